The smallest absolute Gasteiger partial charge is 0.212 e. The molecular formula is C23H30N2O2S. The standard InChI is InChI=1S/C23H30N2O2S/c1-24-15-21-13-20-10-9-19(14-25-28(26,27)16-18-7-8-18)12-22(20)23(21)11-17-5-3-2-4-6-17/h2-6,9-10,12,18,21,23-25H,7-8,11,13-16H2,1H3. The predicted octanol–water partition coefficient (Wildman–Crippen LogP) is 3.23. The van der Waals surface area contributed by atoms with E-state index in [2.05, 4.69) is 58.6 Å². The molecule has 28 heavy (non-hydrogen) atoms. The summed E-state index contributed by atoms with van der Waals surface area (Å²) in [6.45, 7) is 1.38. The summed E-state index contributed by atoms with van der Waals surface area (Å²) in [4.78, 5) is 0. The fraction of sp³-hybridized carbons (Fsp3) is 0.478. The summed E-state index contributed by atoms with van der Waals surface area (Å²) in [5, 5.41) is 3.35. The first kappa shape index (κ1) is 19.6. The molecule has 0 saturated heterocycles. The first-order valence-electron chi connectivity index (χ1n) is 10.3. The van der Waals surface area contributed by atoms with E-state index in [9.17, 15) is 8.42 Å². The van der Waals surface area contributed by atoms with E-state index in [1.165, 1.54) is 16.7 Å². The van der Waals surface area contributed by atoms with Gasteiger partial charge in [0.25, 0.3) is 0 Å². The van der Waals surface area contributed by atoms with Crippen molar-refractivity contribution < 1.29 is 8.42 Å². The molecule has 1 saturated carbocycles. The Bertz CT molecular complexity index is 907. The molecule has 4 nitrogen and oxygen atoms in total. The molecule has 1 fully saturated rings. The predicted molar refractivity (Wildman–Crippen MR) is 114 cm³/mol. The molecule has 2 aliphatic carbocycles. The van der Waals surface area contributed by atoms with E-state index in [1.54, 1.807) is 0 Å². The first-order chi connectivity index (χ1) is 13.5. The number of nitrogens with one attached hydrogen (secondary N) is 2. The van der Waals surface area contributed by atoms with Crippen molar-refractivity contribution in [3.05, 3.63) is 70.8 Å². The second-order valence-corrected chi connectivity index (χ2v) is 10.2. The van der Waals surface area contributed by atoms with E-state index in [0.717, 1.165) is 37.8 Å². The number of rotatable bonds is 9. The molecule has 150 valence electrons. The van der Waals surface area contributed by atoms with Crippen molar-refractivity contribution >= 4 is 10.0 Å². The second-order valence-electron chi connectivity index (χ2n) is 8.40. The lowest BCUT2D eigenvalue weighted by atomic mass is 9.86. The summed E-state index contributed by atoms with van der Waals surface area (Å²) in [7, 11) is -1.16. The van der Waals surface area contributed by atoms with Crippen LogP contribution in [0.15, 0.2) is 48.5 Å². The maximum Gasteiger partial charge on any atom is 0.212 e. The van der Waals surface area contributed by atoms with Crippen molar-refractivity contribution in [2.45, 2.75) is 38.1 Å². The van der Waals surface area contributed by atoms with E-state index >= 15 is 0 Å². The van der Waals surface area contributed by atoms with E-state index in [0.29, 0.717) is 24.3 Å². The van der Waals surface area contributed by atoms with E-state index in [1.807, 2.05) is 7.05 Å². The van der Waals surface area contributed by atoms with Gasteiger partial charge in [-0.1, -0.05) is 48.5 Å². The third kappa shape index (κ3) is 4.83. The molecule has 0 bridgehead atoms. The summed E-state index contributed by atoms with van der Waals surface area (Å²) in [6, 6.07) is 17.2. The minimum Gasteiger partial charge on any atom is -0.319 e. The lowest BCUT2D eigenvalue weighted by molar-refractivity contribution is 0.436. The molecule has 0 amide bonds. The summed E-state index contributed by atoms with van der Waals surface area (Å²) < 4.78 is 27.2. The Labute approximate surface area is 168 Å². The van der Waals surface area contributed by atoms with Crippen molar-refractivity contribution in [3.8, 4) is 0 Å². The van der Waals surface area contributed by atoms with Gasteiger partial charge in [0.05, 0.1) is 5.75 Å². The Morgan fingerprint density at radius 2 is 1.82 bits per heavy atom. The van der Waals surface area contributed by atoms with Gasteiger partial charge in [-0.3, -0.25) is 0 Å². The van der Waals surface area contributed by atoms with Gasteiger partial charge in [-0.25, -0.2) is 13.1 Å². The highest BCUT2D eigenvalue weighted by atomic mass is 32.2. The fourth-order valence-electron chi connectivity index (χ4n) is 4.43. The van der Waals surface area contributed by atoms with Crippen molar-refractivity contribution in [2.75, 3.05) is 19.3 Å². The average molecular weight is 399 g/mol. The fourth-order valence-corrected chi connectivity index (χ4v) is 5.89. The van der Waals surface area contributed by atoms with Crippen LogP contribution in [0, 0.1) is 11.8 Å². The third-order valence-corrected chi connectivity index (χ3v) is 7.57. The van der Waals surface area contributed by atoms with Crippen molar-refractivity contribution in [1.29, 1.82) is 0 Å². The second kappa shape index (κ2) is 8.36. The summed E-state index contributed by atoms with van der Waals surface area (Å²) >= 11 is 0. The van der Waals surface area contributed by atoms with Gasteiger partial charge < -0.3 is 5.32 Å². The Hall–Kier alpha value is -1.69. The van der Waals surface area contributed by atoms with Crippen LogP contribution in [0.4, 0.5) is 0 Å². The molecule has 2 aromatic carbocycles. The van der Waals surface area contributed by atoms with Crippen LogP contribution in [0.25, 0.3) is 0 Å². The van der Waals surface area contributed by atoms with Gasteiger partial charge in [-0.15, -0.1) is 0 Å². The van der Waals surface area contributed by atoms with Gasteiger partial charge in [-0.2, -0.15) is 0 Å². The van der Waals surface area contributed by atoms with E-state index < -0.39 is 10.0 Å². The van der Waals surface area contributed by atoms with Crippen molar-refractivity contribution in [1.82, 2.24) is 10.0 Å². The first-order valence-corrected chi connectivity index (χ1v) is 12.0. The maximum atomic E-state index is 12.2. The zero-order chi connectivity index (χ0) is 19.6. The monoisotopic (exact) mass is 398 g/mol. The van der Waals surface area contributed by atoms with Crippen LogP contribution in [-0.2, 0) is 29.4 Å². The molecule has 2 atom stereocenters. The van der Waals surface area contributed by atoms with Crippen LogP contribution >= 0.6 is 0 Å². The maximum absolute atomic E-state index is 12.2. The number of sulfonamides is 1. The Morgan fingerprint density at radius 3 is 2.54 bits per heavy atom. The topological polar surface area (TPSA) is 58.2 Å². The van der Waals surface area contributed by atoms with Gasteiger partial charge in [-0.05, 0) is 79.3 Å². The minimum atomic E-state index is -3.17. The van der Waals surface area contributed by atoms with Crippen LogP contribution in [0.3, 0.4) is 0 Å². The largest absolute Gasteiger partial charge is 0.319 e. The van der Waals surface area contributed by atoms with Gasteiger partial charge in [0.15, 0.2) is 0 Å². The van der Waals surface area contributed by atoms with E-state index in [4.69, 9.17) is 0 Å². The van der Waals surface area contributed by atoms with Crippen LogP contribution in [0.2, 0.25) is 0 Å². The van der Waals surface area contributed by atoms with Crippen LogP contribution in [0.5, 0.6) is 0 Å². The summed E-state index contributed by atoms with van der Waals surface area (Å²) in [6.07, 6.45) is 4.21. The highest BCUT2D eigenvalue weighted by molar-refractivity contribution is 7.89. The zero-order valence-electron chi connectivity index (χ0n) is 16.5. The molecule has 0 aliphatic heterocycles. The molecule has 4 rings (SSSR count). The highest BCUT2D eigenvalue weighted by Crippen LogP contribution is 2.40. The SMILES string of the molecule is CNCC1Cc2ccc(CNS(=O)(=O)CC3CC3)cc2C1Cc1ccccc1. The molecule has 5 heteroatoms. The normalized spacial score (nSPS) is 21.6. The lowest BCUT2D eigenvalue weighted by Crippen LogP contribution is -2.26. The summed E-state index contributed by atoms with van der Waals surface area (Å²) in [5.41, 5.74) is 5.21. The highest BCUT2D eigenvalue weighted by Gasteiger charge is 2.32. The number of fused-ring (bicyclic) bond motifs is 1. The quantitative estimate of drug-likeness (QED) is 0.682. The number of hydrogen-bond donors (Lipinski definition) is 2. The number of benzene rings is 2. The number of hydrogen-bond acceptors (Lipinski definition) is 3. The minimum absolute atomic E-state index is 0.277. The lowest BCUT2D eigenvalue weighted by Gasteiger charge is -2.21. The summed E-state index contributed by atoms with van der Waals surface area (Å²) in [5.74, 6) is 1.68. The van der Waals surface area contributed by atoms with Gasteiger partial charge in [0.1, 0.15) is 0 Å². The molecule has 0 aromatic heterocycles. The zero-order valence-corrected chi connectivity index (χ0v) is 17.3. The molecule has 2 unspecified atom stereocenters. The molecule has 0 heterocycles. The Morgan fingerprint density at radius 1 is 1.04 bits per heavy atom. The average Bonchev–Trinajstić information content (AvgIpc) is 3.43. The molecular weight excluding hydrogens is 368 g/mol. The molecule has 2 aliphatic rings. The van der Waals surface area contributed by atoms with Gasteiger partial charge in [0, 0.05) is 6.54 Å². The van der Waals surface area contributed by atoms with Crippen LogP contribution < -0.4 is 10.0 Å². The molecule has 2 aromatic rings. The molecule has 2 N–H and O–H groups in total. The van der Waals surface area contributed by atoms with E-state index in [-0.39, 0.29) is 5.75 Å². The van der Waals surface area contributed by atoms with Gasteiger partial charge in [0.2, 0.25) is 10.0 Å². The third-order valence-electron chi connectivity index (χ3n) is 6.07. The van der Waals surface area contributed by atoms with Crippen molar-refractivity contribution in [3.63, 3.8) is 0 Å². The van der Waals surface area contributed by atoms with Crippen LogP contribution in [0.1, 0.15) is 41.0 Å². The van der Waals surface area contributed by atoms with Gasteiger partial charge >= 0.3 is 0 Å². The molecule has 0 spiro atoms. The van der Waals surface area contributed by atoms with Crippen LogP contribution in [-0.4, -0.2) is 27.8 Å². The molecule has 0 radical (unpaired) electrons. The Kier molecular flexibility index (Phi) is 5.85. The Balaban J connectivity index is 1.51. The van der Waals surface area contributed by atoms with Crippen molar-refractivity contribution in [2.24, 2.45) is 11.8 Å².